The van der Waals surface area contributed by atoms with Gasteiger partial charge in [-0.3, -0.25) is 0 Å². The number of aliphatic hydroxyl groups excluding tert-OH is 1. The Morgan fingerprint density at radius 2 is 1.26 bits per heavy atom. The van der Waals surface area contributed by atoms with Crippen molar-refractivity contribution < 1.29 is 5.11 Å². The van der Waals surface area contributed by atoms with Gasteiger partial charge in [0.05, 0.1) is 6.10 Å². The molecule has 1 unspecified atom stereocenters. The number of hydrogen-bond acceptors (Lipinski definition) is 1. The van der Waals surface area contributed by atoms with Crippen LogP contribution in [0.1, 0.15) is 98.8 Å². The minimum atomic E-state index is -0.111. The molecule has 0 fully saturated rings. The highest BCUT2D eigenvalue weighted by Gasteiger charge is 2.16. The molecule has 0 amide bonds. The van der Waals surface area contributed by atoms with Crippen molar-refractivity contribution in [1.29, 1.82) is 0 Å². The van der Waals surface area contributed by atoms with Crippen molar-refractivity contribution in [2.45, 2.75) is 105 Å². The van der Waals surface area contributed by atoms with Crippen LogP contribution >= 0.6 is 0 Å². The van der Waals surface area contributed by atoms with E-state index in [0.717, 1.165) is 12.3 Å². The van der Waals surface area contributed by atoms with Gasteiger partial charge in [0.1, 0.15) is 0 Å². The first-order valence-electron chi connectivity index (χ1n) is 8.51. The second kappa shape index (κ2) is 10.7. The molecule has 0 aromatic heterocycles. The van der Waals surface area contributed by atoms with Crippen LogP contribution in [0, 0.1) is 11.3 Å². The minimum absolute atomic E-state index is 0.111. The second-order valence-electron chi connectivity index (χ2n) is 7.61. The van der Waals surface area contributed by atoms with E-state index in [0.29, 0.717) is 5.41 Å². The molecule has 0 aromatic carbocycles. The van der Waals surface area contributed by atoms with Gasteiger partial charge in [0, 0.05) is 0 Å². The average Bonchev–Trinajstić information content (AvgIpc) is 2.26. The van der Waals surface area contributed by atoms with Gasteiger partial charge in [-0.15, -0.1) is 0 Å². The number of aliphatic hydroxyl groups is 1. The maximum absolute atomic E-state index is 9.18. The van der Waals surface area contributed by atoms with E-state index in [1.807, 2.05) is 6.92 Å². The Labute approximate surface area is 122 Å². The van der Waals surface area contributed by atoms with Crippen molar-refractivity contribution in [3.63, 3.8) is 0 Å². The Morgan fingerprint density at radius 1 is 0.737 bits per heavy atom. The van der Waals surface area contributed by atoms with Crippen LogP contribution in [0.5, 0.6) is 0 Å². The van der Waals surface area contributed by atoms with Gasteiger partial charge in [-0.1, -0.05) is 72.6 Å². The fraction of sp³-hybridized carbons (Fsp3) is 1.00. The van der Waals surface area contributed by atoms with Gasteiger partial charge in [-0.05, 0) is 37.5 Å². The van der Waals surface area contributed by atoms with Gasteiger partial charge in [0.15, 0.2) is 0 Å². The molecule has 0 aliphatic carbocycles. The highest BCUT2D eigenvalue weighted by Crippen LogP contribution is 2.30. The zero-order valence-corrected chi connectivity index (χ0v) is 14.2. The Balaban J connectivity index is 3.42. The maximum atomic E-state index is 9.18. The standard InChI is InChI=1S/C18H38O/c1-16(2)12-11-15-18(4,5)14-10-8-6-7-9-13-17(3)19/h16-17,19H,6-15H2,1-5H3. The Hall–Kier alpha value is -0.0400. The molecule has 0 aromatic rings. The van der Waals surface area contributed by atoms with Gasteiger partial charge < -0.3 is 5.11 Å². The van der Waals surface area contributed by atoms with E-state index in [2.05, 4.69) is 27.7 Å². The van der Waals surface area contributed by atoms with E-state index in [9.17, 15) is 5.11 Å². The molecule has 0 aliphatic rings. The Bertz CT molecular complexity index is 194. The first-order valence-corrected chi connectivity index (χ1v) is 8.51. The summed E-state index contributed by atoms with van der Waals surface area (Å²) < 4.78 is 0. The summed E-state index contributed by atoms with van der Waals surface area (Å²) in [4.78, 5) is 0. The van der Waals surface area contributed by atoms with E-state index < -0.39 is 0 Å². The lowest BCUT2D eigenvalue weighted by Gasteiger charge is -2.25. The Morgan fingerprint density at radius 3 is 1.84 bits per heavy atom. The summed E-state index contributed by atoms with van der Waals surface area (Å²) in [6.45, 7) is 11.4. The molecule has 0 aliphatic heterocycles. The molecule has 0 saturated carbocycles. The summed E-state index contributed by atoms with van der Waals surface area (Å²) in [6, 6.07) is 0. The highest BCUT2D eigenvalue weighted by atomic mass is 16.3. The maximum Gasteiger partial charge on any atom is 0.0512 e. The first-order chi connectivity index (χ1) is 8.83. The van der Waals surface area contributed by atoms with Crippen molar-refractivity contribution in [2.75, 3.05) is 0 Å². The van der Waals surface area contributed by atoms with Crippen molar-refractivity contribution >= 4 is 0 Å². The van der Waals surface area contributed by atoms with Crippen LogP contribution in [0.3, 0.4) is 0 Å². The summed E-state index contributed by atoms with van der Waals surface area (Å²) in [6.07, 6.45) is 13.0. The van der Waals surface area contributed by atoms with Crippen LogP contribution in [0.15, 0.2) is 0 Å². The molecule has 116 valence electrons. The lowest BCUT2D eigenvalue weighted by molar-refractivity contribution is 0.180. The molecule has 0 radical (unpaired) electrons. The normalized spacial score (nSPS) is 14.1. The van der Waals surface area contributed by atoms with E-state index in [4.69, 9.17) is 0 Å². The molecule has 0 bridgehead atoms. The number of rotatable bonds is 12. The predicted molar refractivity (Wildman–Crippen MR) is 86.5 cm³/mol. The largest absolute Gasteiger partial charge is 0.393 e. The van der Waals surface area contributed by atoms with E-state index in [-0.39, 0.29) is 6.10 Å². The molecule has 0 spiro atoms. The van der Waals surface area contributed by atoms with Gasteiger partial charge in [0.2, 0.25) is 0 Å². The second-order valence-corrected chi connectivity index (χ2v) is 7.61. The van der Waals surface area contributed by atoms with E-state index in [1.54, 1.807) is 0 Å². The monoisotopic (exact) mass is 270 g/mol. The molecule has 1 nitrogen and oxygen atoms in total. The average molecular weight is 271 g/mol. The lowest BCUT2D eigenvalue weighted by atomic mass is 9.81. The van der Waals surface area contributed by atoms with Gasteiger partial charge in [-0.25, -0.2) is 0 Å². The predicted octanol–water partition coefficient (Wildman–Crippen LogP) is 5.95. The molecule has 19 heavy (non-hydrogen) atoms. The summed E-state index contributed by atoms with van der Waals surface area (Å²) >= 11 is 0. The van der Waals surface area contributed by atoms with E-state index >= 15 is 0 Å². The fourth-order valence-electron chi connectivity index (χ4n) is 2.69. The van der Waals surface area contributed by atoms with Gasteiger partial charge >= 0.3 is 0 Å². The van der Waals surface area contributed by atoms with Crippen LogP contribution in [0.25, 0.3) is 0 Å². The molecule has 1 atom stereocenters. The Kier molecular flexibility index (Phi) is 10.7. The third kappa shape index (κ3) is 14.2. The van der Waals surface area contributed by atoms with Crippen molar-refractivity contribution in [3.8, 4) is 0 Å². The molecular formula is C18H38O. The van der Waals surface area contributed by atoms with Crippen LogP contribution in [0.4, 0.5) is 0 Å². The van der Waals surface area contributed by atoms with Crippen molar-refractivity contribution in [1.82, 2.24) is 0 Å². The molecule has 0 heterocycles. The first kappa shape index (κ1) is 19.0. The van der Waals surface area contributed by atoms with Crippen molar-refractivity contribution in [2.24, 2.45) is 11.3 Å². The zero-order chi connectivity index (χ0) is 14.7. The van der Waals surface area contributed by atoms with Crippen LogP contribution in [-0.4, -0.2) is 11.2 Å². The fourth-order valence-corrected chi connectivity index (χ4v) is 2.69. The third-order valence-corrected chi connectivity index (χ3v) is 4.11. The molecule has 1 heteroatoms. The summed E-state index contributed by atoms with van der Waals surface area (Å²) in [5, 5.41) is 9.18. The highest BCUT2D eigenvalue weighted by molar-refractivity contribution is 4.69. The van der Waals surface area contributed by atoms with Gasteiger partial charge in [-0.2, -0.15) is 0 Å². The zero-order valence-electron chi connectivity index (χ0n) is 14.2. The van der Waals surface area contributed by atoms with E-state index in [1.165, 1.54) is 57.8 Å². The van der Waals surface area contributed by atoms with Crippen molar-refractivity contribution in [3.05, 3.63) is 0 Å². The SMILES string of the molecule is CC(C)CCCC(C)(C)CCCCCCCC(C)O. The quantitative estimate of drug-likeness (QED) is 0.434. The summed E-state index contributed by atoms with van der Waals surface area (Å²) in [5.74, 6) is 0.852. The van der Waals surface area contributed by atoms with Gasteiger partial charge in [0.25, 0.3) is 0 Å². The lowest BCUT2D eigenvalue weighted by Crippen LogP contribution is -2.11. The van der Waals surface area contributed by atoms with Crippen LogP contribution in [-0.2, 0) is 0 Å². The summed E-state index contributed by atoms with van der Waals surface area (Å²) in [5.41, 5.74) is 0.536. The summed E-state index contributed by atoms with van der Waals surface area (Å²) in [7, 11) is 0. The molecular weight excluding hydrogens is 232 g/mol. The molecule has 0 saturated heterocycles. The topological polar surface area (TPSA) is 20.2 Å². The van der Waals surface area contributed by atoms with Crippen LogP contribution in [0.2, 0.25) is 0 Å². The van der Waals surface area contributed by atoms with Crippen LogP contribution < -0.4 is 0 Å². The smallest absolute Gasteiger partial charge is 0.0512 e. The number of unbranched alkanes of at least 4 members (excludes halogenated alkanes) is 4. The molecule has 1 N–H and O–H groups in total. The number of hydrogen-bond donors (Lipinski definition) is 1. The molecule has 0 rings (SSSR count). The third-order valence-electron chi connectivity index (χ3n) is 4.11. The minimum Gasteiger partial charge on any atom is -0.393 e.